The van der Waals surface area contributed by atoms with Gasteiger partial charge in [-0.05, 0) is 17.7 Å². The van der Waals surface area contributed by atoms with Crippen molar-refractivity contribution in [2.75, 3.05) is 5.73 Å². The Hall–Kier alpha value is -2.92. The maximum Gasteiger partial charge on any atom is 0.404 e. The fourth-order valence-corrected chi connectivity index (χ4v) is 2.41. The Kier molecular flexibility index (Phi) is 5.77. The molecule has 2 aromatic rings. The van der Waals surface area contributed by atoms with Gasteiger partial charge in [0, 0.05) is 0 Å². The molecule has 0 fully saturated rings. The highest BCUT2D eigenvalue weighted by Crippen LogP contribution is 2.47. The largest absolute Gasteiger partial charge is 0.449 e. The van der Waals surface area contributed by atoms with Crippen molar-refractivity contribution in [3.63, 3.8) is 0 Å². The number of ether oxygens (including phenoxy) is 1. The molecule has 2 N–H and O–H groups in total. The molecule has 2 rings (SSSR count). The highest BCUT2D eigenvalue weighted by molar-refractivity contribution is 5.58. The van der Waals surface area contributed by atoms with Crippen LogP contribution < -0.4 is 10.5 Å². The third-order valence-corrected chi connectivity index (χ3v) is 3.70. The second-order valence-electron chi connectivity index (χ2n) is 5.62. The van der Waals surface area contributed by atoms with E-state index in [2.05, 4.69) is 11.3 Å². The molecule has 0 aromatic heterocycles. The summed E-state index contributed by atoms with van der Waals surface area (Å²) in [6, 6.07) is 0.977. The van der Waals surface area contributed by atoms with Crippen molar-refractivity contribution in [3.05, 3.63) is 59.2 Å². The first-order valence-corrected chi connectivity index (χ1v) is 7.39. The Morgan fingerprint density at radius 2 is 1.34 bits per heavy atom. The number of halogens is 10. The van der Waals surface area contributed by atoms with E-state index in [4.69, 9.17) is 5.73 Å². The number of hydrogen-bond acceptors (Lipinski definition) is 2. The molecule has 2 nitrogen and oxygen atoms in total. The molecule has 0 heterocycles. The third kappa shape index (κ3) is 4.25. The molecule has 0 aliphatic heterocycles. The second kappa shape index (κ2) is 7.48. The molecule has 0 aliphatic carbocycles. The predicted molar refractivity (Wildman–Crippen MR) is 82.1 cm³/mol. The molecule has 0 atom stereocenters. The zero-order valence-corrected chi connectivity index (χ0v) is 13.9. The van der Waals surface area contributed by atoms with Crippen LogP contribution >= 0.6 is 0 Å². The summed E-state index contributed by atoms with van der Waals surface area (Å²) in [6.45, 7) is 2.97. The molecule has 0 amide bonds. The van der Waals surface area contributed by atoms with Gasteiger partial charge in [-0.25, -0.2) is 8.78 Å². The van der Waals surface area contributed by atoms with Crippen molar-refractivity contribution in [1.82, 2.24) is 0 Å². The molecule has 158 valence electrons. The van der Waals surface area contributed by atoms with Crippen LogP contribution in [0.2, 0.25) is 0 Å². The average Bonchev–Trinajstić information content (AvgIpc) is 2.56. The summed E-state index contributed by atoms with van der Waals surface area (Å²) in [5.74, 6) is -14.1. The molecule has 0 unspecified atom stereocenters. The van der Waals surface area contributed by atoms with Gasteiger partial charge in [-0.1, -0.05) is 18.7 Å². The lowest BCUT2D eigenvalue weighted by Crippen LogP contribution is -2.34. The Morgan fingerprint density at radius 3 is 1.72 bits per heavy atom. The monoisotopic (exact) mass is 433 g/mol. The van der Waals surface area contributed by atoms with E-state index >= 15 is 0 Å². The molecule has 29 heavy (non-hydrogen) atoms. The lowest BCUT2D eigenvalue weighted by Gasteiger charge is -2.24. The minimum atomic E-state index is -5.71. The van der Waals surface area contributed by atoms with Gasteiger partial charge in [0.05, 0.1) is 11.3 Å². The normalized spacial score (nSPS) is 12.4. The summed E-state index contributed by atoms with van der Waals surface area (Å²) in [6.07, 6.45) is -10.9. The molecule has 0 bridgehead atoms. The van der Waals surface area contributed by atoms with Crippen LogP contribution in [0, 0.1) is 23.3 Å². The standard InChI is InChI=1S/C17H9F10NO/c1-2-7-10(18)12(20)14(13(21)11(7)19)29-9-4-3-6(5-8(9)28)15(16(22,23)24)17(25,26)27/h2-5,15H,1,28H2. The lowest BCUT2D eigenvalue weighted by molar-refractivity contribution is -0.253. The quantitative estimate of drug-likeness (QED) is 0.341. The summed E-state index contributed by atoms with van der Waals surface area (Å²) in [5.41, 5.74) is 1.95. The summed E-state index contributed by atoms with van der Waals surface area (Å²) in [7, 11) is 0. The number of hydrogen-bond donors (Lipinski definition) is 1. The van der Waals surface area contributed by atoms with Crippen LogP contribution in [0.3, 0.4) is 0 Å². The maximum atomic E-state index is 13.9. The molecule has 0 radical (unpaired) electrons. The van der Waals surface area contributed by atoms with Gasteiger partial charge in [-0.15, -0.1) is 0 Å². The minimum absolute atomic E-state index is 0.224. The number of nitrogen functional groups attached to an aromatic ring is 1. The smallest absolute Gasteiger partial charge is 0.404 e. The van der Waals surface area contributed by atoms with E-state index in [1.54, 1.807) is 0 Å². The Balaban J connectivity index is 2.52. The van der Waals surface area contributed by atoms with Gasteiger partial charge in [-0.3, -0.25) is 0 Å². The van der Waals surface area contributed by atoms with Gasteiger partial charge < -0.3 is 10.5 Å². The van der Waals surface area contributed by atoms with E-state index in [0.717, 1.165) is 0 Å². The van der Waals surface area contributed by atoms with Crippen molar-refractivity contribution in [2.24, 2.45) is 0 Å². The summed E-state index contributed by atoms with van der Waals surface area (Å²) in [4.78, 5) is 0. The lowest BCUT2D eigenvalue weighted by atomic mass is 9.97. The van der Waals surface area contributed by atoms with E-state index in [1.165, 1.54) is 0 Å². The van der Waals surface area contributed by atoms with Gasteiger partial charge in [0.1, 0.15) is 0 Å². The van der Waals surface area contributed by atoms with Crippen LogP contribution in [0.1, 0.15) is 17.0 Å². The highest BCUT2D eigenvalue weighted by Gasteiger charge is 2.57. The van der Waals surface area contributed by atoms with Crippen LogP contribution in [0.15, 0.2) is 24.8 Å². The first kappa shape index (κ1) is 22.4. The first-order valence-electron chi connectivity index (χ1n) is 7.39. The van der Waals surface area contributed by atoms with Gasteiger partial charge >= 0.3 is 12.4 Å². The van der Waals surface area contributed by atoms with Crippen LogP contribution in [0.5, 0.6) is 11.5 Å². The molecular weight excluding hydrogens is 424 g/mol. The maximum absolute atomic E-state index is 13.9. The van der Waals surface area contributed by atoms with Crippen LogP contribution in [0.4, 0.5) is 49.6 Å². The van der Waals surface area contributed by atoms with Crippen LogP contribution in [0.25, 0.3) is 6.08 Å². The fourth-order valence-electron chi connectivity index (χ4n) is 2.41. The molecule has 0 saturated carbocycles. The Morgan fingerprint density at radius 1 is 0.862 bits per heavy atom. The fraction of sp³-hybridized carbons (Fsp3) is 0.176. The topological polar surface area (TPSA) is 35.2 Å². The second-order valence-corrected chi connectivity index (χ2v) is 5.62. The third-order valence-electron chi connectivity index (χ3n) is 3.70. The Bertz CT molecular complexity index is 906. The molecule has 0 aliphatic rings. The van der Waals surface area contributed by atoms with E-state index in [-0.39, 0.29) is 6.07 Å². The number of anilines is 1. The number of alkyl halides is 6. The summed E-state index contributed by atoms with van der Waals surface area (Å²) < 4.78 is 136. The molecule has 0 saturated heterocycles. The van der Waals surface area contributed by atoms with E-state index < -0.39 is 69.9 Å². The number of benzene rings is 2. The SMILES string of the molecule is C=Cc1c(F)c(F)c(Oc2ccc(C(C(F)(F)F)C(F)(F)F)cc2N)c(F)c1F. The number of nitrogens with two attached hydrogens (primary N) is 1. The van der Waals surface area contributed by atoms with E-state index in [1.807, 2.05) is 0 Å². The van der Waals surface area contributed by atoms with Crippen molar-refractivity contribution in [3.8, 4) is 11.5 Å². The van der Waals surface area contributed by atoms with Crippen molar-refractivity contribution < 1.29 is 48.6 Å². The molecule has 2 aromatic carbocycles. The average molecular weight is 433 g/mol. The van der Waals surface area contributed by atoms with E-state index in [0.29, 0.717) is 18.2 Å². The minimum Gasteiger partial charge on any atom is -0.449 e. The number of rotatable bonds is 4. The molecule has 12 heteroatoms. The zero-order valence-electron chi connectivity index (χ0n) is 13.9. The summed E-state index contributed by atoms with van der Waals surface area (Å²) in [5, 5.41) is 0. The van der Waals surface area contributed by atoms with Crippen molar-refractivity contribution in [2.45, 2.75) is 18.3 Å². The van der Waals surface area contributed by atoms with Gasteiger partial charge in [-0.2, -0.15) is 35.1 Å². The van der Waals surface area contributed by atoms with E-state index in [9.17, 15) is 43.9 Å². The molecule has 0 spiro atoms. The van der Waals surface area contributed by atoms with Crippen LogP contribution in [-0.2, 0) is 0 Å². The van der Waals surface area contributed by atoms with Crippen molar-refractivity contribution >= 4 is 11.8 Å². The van der Waals surface area contributed by atoms with Gasteiger partial charge in [0.25, 0.3) is 0 Å². The summed E-state index contributed by atoms with van der Waals surface area (Å²) >= 11 is 0. The zero-order chi connectivity index (χ0) is 22.3. The predicted octanol–water partition coefficient (Wildman–Crippen LogP) is 6.47. The van der Waals surface area contributed by atoms with Gasteiger partial charge in [0.2, 0.25) is 17.4 Å². The first-order chi connectivity index (χ1) is 13.2. The Labute approximate surface area is 156 Å². The molecular formula is C17H9F10NO. The van der Waals surface area contributed by atoms with Gasteiger partial charge in [0.15, 0.2) is 23.3 Å². The highest BCUT2D eigenvalue weighted by atomic mass is 19.4. The van der Waals surface area contributed by atoms with Crippen molar-refractivity contribution in [1.29, 1.82) is 0 Å². The van der Waals surface area contributed by atoms with Crippen LogP contribution in [-0.4, -0.2) is 12.4 Å².